The van der Waals surface area contributed by atoms with E-state index >= 15 is 0 Å². The minimum Gasteiger partial charge on any atom is -0.276 e. The summed E-state index contributed by atoms with van der Waals surface area (Å²) in [6.45, 7) is 4.32. The van der Waals surface area contributed by atoms with Gasteiger partial charge in [-0.3, -0.25) is 9.89 Å². The normalized spacial score (nSPS) is 17.6. The standard InChI is InChI=1S/C15H21N3O/c1-3-5-10(2)15-16-13-8-12(11-6-4-7-11)9-14(19)18(13)17-15/h8-11H,3-7H2,1-2H3,(H,16,17). The lowest BCUT2D eigenvalue weighted by molar-refractivity contribution is 0.419. The number of hydrogen-bond acceptors (Lipinski definition) is 2. The summed E-state index contributed by atoms with van der Waals surface area (Å²) in [6, 6.07) is 3.84. The molecule has 1 N–H and O–H groups in total. The number of pyridine rings is 1. The average molecular weight is 259 g/mol. The molecule has 0 saturated heterocycles. The molecule has 1 aliphatic carbocycles. The number of H-pyrrole nitrogens is 1. The first-order valence-corrected chi connectivity index (χ1v) is 7.31. The summed E-state index contributed by atoms with van der Waals surface area (Å²) in [5.41, 5.74) is 1.95. The molecular formula is C15H21N3O. The molecule has 1 atom stereocenters. The minimum absolute atomic E-state index is 0.0156. The molecule has 1 fully saturated rings. The summed E-state index contributed by atoms with van der Waals surface area (Å²) in [4.78, 5) is 16.7. The van der Waals surface area contributed by atoms with E-state index in [1.807, 2.05) is 0 Å². The van der Waals surface area contributed by atoms with E-state index in [1.54, 1.807) is 10.6 Å². The van der Waals surface area contributed by atoms with Gasteiger partial charge in [0.15, 0.2) is 5.65 Å². The lowest BCUT2D eigenvalue weighted by atomic mass is 9.80. The summed E-state index contributed by atoms with van der Waals surface area (Å²) in [6.07, 6.45) is 5.91. The third-order valence-electron chi connectivity index (χ3n) is 4.26. The first kappa shape index (κ1) is 12.5. The van der Waals surface area contributed by atoms with Gasteiger partial charge in [-0.15, -0.1) is 0 Å². The number of nitrogens with zero attached hydrogens (tertiary/aromatic N) is 2. The van der Waals surface area contributed by atoms with Crippen LogP contribution in [0.1, 0.15) is 69.2 Å². The van der Waals surface area contributed by atoms with Crippen LogP contribution in [0.3, 0.4) is 0 Å². The van der Waals surface area contributed by atoms with Crippen molar-refractivity contribution in [2.75, 3.05) is 0 Å². The first-order chi connectivity index (χ1) is 9.19. The van der Waals surface area contributed by atoms with Crippen LogP contribution in [-0.2, 0) is 0 Å². The van der Waals surface area contributed by atoms with Gasteiger partial charge in [-0.25, -0.2) is 9.50 Å². The number of fused-ring (bicyclic) bond motifs is 1. The zero-order chi connectivity index (χ0) is 13.4. The van der Waals surface area contributed by atoms with Gasteiger partial charge in [0.1, 0.15) is 5.82 Å². The molecular weight excluding hydrogens is 238 g/mol. The Hall–Kier alpha value is -1.58. The lowest BCUT2D eigenvalue weighted by Crippen LogP contribution is -2.17. The Balaban J connectivity index is 2.01. The van der Waals surface area contributed by atoms with Crippen molar-refractivity contribution in [1.82, 2.24) is 14.6 Å². The monoisotopic (exact) mass is 259 g/mol. The Morgan fingerprint density at radius 2 is 2.26 bits per heavy atom. The van der Waals surface area contributed by atoms with E-state index in [0.29, 0.717) is 11.8 Å². The van der Waals surface area contributed by atoms with Gasteiger partial charge in [0, 0.05) is 12.0 Å². The smallest absolute Gasteiger partial charge is 0.271 e. The molecule has 1 unspecified atom stereocenters. The molecule has 2 aromatic rings. The zero-order valence-corrected chi connectivity index (χ0v) is 11.6. The van der Waals surface area contributed by atoms with Crippen LogP contribution in [0.25, 0.3) is 5.65 Å². The summed E-state index contributed by atoms with van der Waals surface area (Å²) in [5, 5.41) is 3.14. The number of aromatic amines is 1. The molecule has 19 heavy (non-hydrogen) atoms. The van der Waals surface area contributed by atoms with Gasteiger partial charge >= 0.3 is 0 Å². The number of aromatic nitrogens is 3. The van der Waals surface area contributed by atoms with Crippen molar-refractivity contribution in [3.63, 3.8) is 0 Å². The molecule has 0 aromatic carbocycles. The van der Waals surface area contributed by atoms with Gasteiger partial charge in [-0.2, -0.15) is 0 Å². The van der Waals surface area contributed by atoms with Crippen LogP contribution in [0, 0.1) is 0 Å². The van der Waals surface area contributed by atoms with Crippen LogP contribution in [-0.4, -0.2) is 14.6 Å². The third-order valence-corrected chi connectivity index (χ3v) is 4.26. The first-order valence-electron chi connectivity index (χ1n) is 7.31. The molecule has 4 nitrogen and oxygen atoms in total. The summed E-state index contributed by atoms with van der Waals surface area (Å²) < 4.78 is 1.57. The molecule has 3 rings (SSSR count). The molecule has 4 heteroatoms. The second kappa shape index (κ2) is 4.83. The van der Waals surface area contributed by atoms with Gasteiger partial charge in [-0.05, 0) is 36.8 Å². The maximum absolute atomic E-state index is 12.1. The van der Waals surface area contributed by atoms with E-state index in [9.17, 15) is 4.79 Å². The highest BCUT2D eigenvalue weighted by atomic mass is 16.1. The number of nitrogens with one attached hydrogen (secondary N) is 1. The van der Waals surface area contributed by atoms with Crippen LogP contribution < -0.4 is 5.56 Å². The highest BCUT2D eigenvalue weighted by Gasteiger charge is 2.21. The Morgan fingerprint density at radius 3 is 2.89 bits per heavy atom. The van der Waals surface area contributed by atoms with Gasteiger partial charge in [0.25, 0.3) is 5.56 Å². The van der Waals surface area contributed by atoms with Crippen molar-refractivity contribution in [3.8, 4) is 0 Å². The van der Waals surface area contributed by atoms with Crippen LogP contribution in [0.2, 0.25) is 0 Å². The molecule has 1 aliphatic rings. The second-order valence-electron chi connectivity index (χ2n) is 5.75. The van der Waals surface area contributed by atoms with Crippen molar-refractivity contribution in [1.29, 1.82) is 0 Å². The second-order valence-corrected chi connectivity index (χ2v) is 5.75. The van der Waals surface area contributed by atoms with E-state index in [4.69, 9.17) is 0 Å². The molecule has 0 radical (unpaired) electrons. The molecule has 102 valence electrons. The quantitative estimate of drug-likeness (QED) is 0.916. The Morgan fingerprint density at radius 1 is 1.47 bits per heavy atom. The average Bonchev–Trinajstić information content (AvgIpc) is 2.71. The maximum Gasteiger partial charge on any atom is 0.271 e. The third kappa shape index (κ3) is 2.20. The molecule has 0 aliphatic heterocycles. The molecule has 2 aromatic heterocycles. The van der Waals surface area contributed by atoms with E-state index < -0.39 is 0 Å². The molecule has 0 amide bonds. The molecule has 0 spiro atoms. The maximum atomic E-state index is 12.1. The molecule has 1 saturated carbocycles. The summed E-state index contributed by atoms with van der Waals surface area (Å²) in [5.74, 6) is 1.87. The molecule has 0 bridgehead atoms. The van der Waals surface area contributed by atoms with Gasteiger partial charge in [0.05, 0.1) is 0 Å². The van der Waals surface area contributed by atoms with Crippen LogP contribution in [0.5, 0.6) is 0 Å². The van der Waals surface area contributed by atoms with Crippen molar-refractivity contribution in [2.45, 2.75) is 57.8 Å². The van der Waals surface area contributed by atoms with Crippen LogP contribution >= 0.6 is 0 Å². The van der Waals surface area contributed by atoms with Crippen molar-refractivity contribution in [2.24, 2.45) is 0 Å². The molecule has 2 heterocycles. The topological polar surface area (TPSA) is 50.2 Å². The van der Waals surface area contributed by atoms with Crippen molar-refractivity contribution < 1.29 is 0 Å². The van der Waals surface area contributed by atoms with Gasteiger partial charge < -0.3 is 0 Å². The van der Waals surface area contributed by atoms with E-state index in [0.717, 1.165) is 29.9 Å². The number of hydrogen-bond donors (Lipinski definition) is 1. The van der Waals surface area contributed by atoms with Gasteiger partial charge in [-0.1, -0.05) is 26.7 Å². The summed E-state index contributed by atoms with van der Waals surface area (Å²) in [7, 11) is 0. The number of rotatable bonds is 4. The highest BCUT2D eigenvalue weighted by molar-refractivity contribution is 5.42. The fourth-order valence-electron chi connectivity index (χ4n) is 2.80. The highest BCUT2D eigenvalue weighted by Crippen LogP contribution is 2.35. The predicted octanol–water partition coefficient (Wildman–Crippen LogP) is 3.19. The van der Waals surface area contributed by atoms with Gasteiger partial charge in [0.2, 0.25) is 0 Å². The lowest BCUT2D eigenvalue weighted by Gasteiger charge is -2.25. The van der Waals surface area contributed by atoms with E-state index in [1.165, 1.54) is 19.3 Å². The predicted molar refractivity (Wildman–Crippen MR) is 75.7 cm³/mol. The van der Waals surface area contributed by atoms with Crippen LogP contribution in [0.4, 0.5) is 0 Å². The van der Waals surface area contributed by atoms with E-state index in [-0.39, 0.29) is 5.56 Å². The van der Waals surface area contributed by atoms with Crippen molar-refractivity contribution in [3.05, 3.63) is 33.9 Å². The minimum atomic E-state index is 0.0156. The van der Waals surface area contributed by atoms with E-state index in [2.05, 4.69) is 30.0 Å². The summed E-state index contributed by atoms with van der Waals surface area (Å²) >= 11 is 0. The Labute approximate surface area is 112 Å². The Bertz CT molecular complexity index is 636. The fraction of sp³-hybridized carbons (Fsp3) is 0.600. The largest absolute Gasteiger partial charge is 0.276 e. The van der Waals surface area contributed by atoms with Crippen molar-refractivity contribution >= 4 is 5.65 Å². The fourth-order valence-corrected chi connectivity index (χ4v) is 2.80. The Kier molecular flexibility index (Phi) is 3.17. The van der Waals surface area contributed by atoms with Crippen LogP contribution in [0.15, 0.2) is 16.9 Å². The SMILES string of the molecule is CCCC(C)c1nc2cc(C3CCC3)cc(=O)n2[nH]1. The zero-order valence-electron chi connectivity index (χ0n) is 11.6.